The first-order valence-corrected chi connectivity index (χ1v) is 5.55. The summed E-state index contributed by atoms with van der Waals surface area (Å²) in [7, 11) is 0. The Morgan fingerprint density at radius 2 is 2.33 bits per heavy atom. The fourth-order valence-corrected chi connectivity index (χ4v) is 2.11. The first-order chi connectivity index (χ1) is 7.24. The number of benzene rings is 1. The van der Waals surface area contributed by atoms with Crippen molar-refractivity contribution in [1.29, 1.82) is 0 Å². The molecular weight excluding hydrogens is 210 g/mol. The van der Waals surface area contributed by atoms with Gasteiger partial charge >= 0.3 is 5.69 Å². The molecule has 0 aliphatic carbocycles. The molecule has 1 heterocycles. The van der Waals surface area contributed by atoms with Crippen LogP contribution in [0.2, 0.25) is 0 Å². The van der Waals surface area contributed by atoms with Crippen LogP contribution in [0.15, 0.2) is 34.0 Å². The van der Waals surface area contributed by atoms with Crippen LogP contribution in [-0.4, -0.2) is 15.2 Å². The summed E-state index contributed by atoms with van der Waals surface area (Å²) in [6.07, 6.45) is 0. The lowest BCUT2D eigenvalue weighted by Crippen LogP contribution is -2.00. The molecule has 2 N–H and O–H groups in total. The number of rotatable bonds is 3. The van der Waals surface area contributed by atoms with Crippen molar-refractivity contribution >= 4 is 11.8 Å². The van der Waals surface area contributed by atoms with Gasteiger partial charge in [0.25, 0.3) is 0 Å². The zero-order valence-electron chi connectivity index (χ0n) is 8.28. The quantitative estimate of drug-likeness (QED) is 0.775. The molecule has 0 saturated heterocycles. The molecule has 5 heteroatoms. The lowest BCUT2D eigenvalue weighted by atomic mass is 10.2. The fourth-order valence-electron chi connectivity index (χ4n) is 1.23. The van der Waals surface area contributed by atoms with Gasteiger partial charge in [-0.1, -0.05) is 17.7 Å². The van der Waals surface area contributed by atoms with Gasteiger partial charge in [0.15, 0.2) is 0 Å². The average molecular weight is 221 g/mol. The number of nitrogens with one attached hydrogen (secondary N) is 2. The first kappa shape index (κ1) is 10.0. The van der Waals surface area contributed by atoms with Gasteiger partial charge in [0.1, 0.15) is 5.82 Å². The summed E-state index contributed by atoms with van der Waals surface area (Å²) in [6, 6.07) is 8.23. The molecule has 0 amide bonds. The highest BCUT2D eigenvalue weighted by Crippen LogP contribution is 2.21. The van der Waals surface area contributed by atoms with E-state index in [0.717, 1.165) is 0 Å². The predicted octanol–water partition coefficient (Wildman–Crippen LogP) is 1.70. The maximum Gasteiger partial charge on any atom is 0.340 e. The van der Waals surface area contributed by atoms with Gasteiger partial charge in [-0.3, -0.25) is 4.98 Å². The van der Waals surface area contributed by atoms with E-state index in [2.05, 4.69) is 34.2 Å². The van der Waals surface area contributed by atoms with Crippen LogP contribution >= 0.6 is 11.8 Å². The Kier molecular flexibility index (Phi) is 2.91. The van der Waals surface area contributed by atoms with Crippen LogP contribution in [0, 0.1) is 6.92 Å². The van der Waals surface area contributed by atoms with Crippen molar-refractivity contribution in [1.82, 2.24) is 15.2 Å². The second-order valence-electron chi connectivity index (χ2n) is 3.23. The Labute approximate surface area is 91.1 Å². The van der Waals surface area contributed by atoms with Gasteiger partial charge in [-0.2, -0.15) is 5.10 Å². The van der Waals surface area contributed by atoms with Gasteiger partial charge < -0.3 is 0 Å². The molecule has 0 aliphatic heterocycles. The third-order valence-corrected chi connectivity index (χ3v) is 2.92. The normalized spacial score (nSPS) is 10.5. The topological polar surface area (TPSA) is 61.5 Å². The highest BCUT2D eigenvalue weighted by Gasteiger charge is 1.99. The molecule has 0 radical (unpaired) electrons. The molecular formula is C10H11N3OS. The first-order valence-electron chi connectivity index (χ1n) is 4.57. The molecule has 78 valence electrons. The van der Waals surface area contributed by atoms with E-state index in [1.165, 1.54) is 10.5 Å². The van der Waals surface area contributed by atoms with Crippen LogP contribution in [0.1, 0.15) is 11.4 Å². The van der Waals surface area contributed by atoms with Crippen molar-refractivity contribution in [3.05, 3.63) is 46.1 Å². The van der Waals surface area contributed by atoms with E-state index in [-0.39, 0.29) is 5.69 Å². The minimum absolute atomic E-state index is 0.255. The zero-order chi connectivity index (χ0) is 10.7. The lowest BCUT2D eigenvalue weighted by molar-refractivity contribution is 1.01. The van der Waals surface area contributed by atoms with E-state index in [0.29, 0.717) is 11.6 Å². The van der Waals surface area contributed by atoms with Crippen molar-refractivity contribution < 1.29 is 0 Å². The van der Waals surface area contributed by atoms with E-state index >= 15 is 0 Å². The molecule has 0 bridgehead atoms. The standard InChI is InChI=1S/C10H11N3OS/c1-7-3-2-4-8(5-7)15-6-9-11-10(14)13-12-9/h2-5H,6H2,1H3,(H2,11,12,13,14). The third-order valence-electron chi connectivity index (χ3n) is 1.92. The average Bonchev–Trinajstić information content (AvgIpc) is 2.62. The molecule has 0 aliphatic rings. The largest absolute Gasteiger partial charge is 0.340 e. The summed E-state index contributed by atoms with van der Waals surface area (Å²) in [5, 5.41) is 6.18. The highest BCUT2D eigenvalue weighted by atomic mass is 32.2. The highest BCUT2D eigenvalue weighted by molar-refractivity contribution is 7.98. The maximum absolute atomic E-state index is 10.8. The number of hydrogen-bond donors (Lipinski definition) is 2. The Bertz CT molecular complexity index is 503. The molecule has 0 fully saturated rings. The lowest BCUT2D eigenvalue weighted by Gasteiger charge is -1.99. The Morgan fingerprint density at radius 3 is 3.00 bits per heavy atom. The number of H-pyrrole nitrogens is 2. The van der Waals surface area contributed by atoms with Crippen molar-refractivity contribution in [2.24, 2.45) is 0 Å². The van der Waals surface area contributed by atoms with Crippen molar-refractivity contribution in [2.45, 2.75) is 17.6 Å². The van der Waals surface area contributed by atoms with Crippen LogP contribution in [0.3, 0.4) is 0 Å². The van der Waals surface area contributed by atoms with Crippen LogP contribution in [0.25, 0.3) is 0 Å². The van der Waals surface area contributed by atoms with Crippen molar-refractivity contribution in [3.8, 4) is 0 Å². The molecule has 1 aromatic heterocycles. The van der Waals surface area contributed by atoms with Gasteiger partial charge in [0.05, 0.1) is 5.75 Å². The zero-order valence-corrected chi connectivity index (χ0v) is 9.10. The molecule has 0 saturated carbocycles. The summed E-state index contributed by atoms with van der Waals surface area (Å²) < 4.78 is 0. The number of thioether (sulfide) groups is 1. The minimum atomic E-state index is -0.255. The molecule has 0 spiro atoms. The van der Waals surface area contributed by atoms with Crippen molar-refractivity contribution in [3.63, 3.8) is 0 Å². The maximum atomic E-state index is 10.8. The smallest absolute Gasteiger partial charge is 0.292 e. The van der Waals surface area contributed by atoms with E-state index in [9.17, 15) is 4.79 Å². The molecule has 4 nitrogen and oxygen atoms in total. The van der Waals surface area contributed by atoms with Gasteiger partial charge in [-0.05, 0) is 19.1 Å². The number of hydrogen-bond acceptors (Lipinski definition) is 3. The fraction of sp³-hybridized carbons (Fsp3) is 0.200. The number of aromatic nitrogens is 3. The monoisotopic (exact) mass is 221 g/mol. The van der Waals surface area contributed by atoms with Crippen molar-refractivity contribution in [2.75, 3.05) is 0 Å². The minimum Gasteiger partial charge on any atom is -0.292 e. The van der Waals surface area contributed by atoms with Gasteiger partial charge in [-0.15, -0.1) is 11.8 Å². The van der Waals surface area contributed by atoms with Gasteiger partial charge in [-0.25, -0.2) is 9.89 Å². The number of aryl methyl sites for hydroxylation is 1. The molecule has 0 atom stereocenters. The molecule has 2 rings (SSSR count). The summed E-state index contributed by atoms with van der Waals surface area (Å²) >= 11 is 1.65. The molecule has 0 unspecified atom stereocenters. The SMILES string of the molecule is Cc1cccc(SCc2n[nH]c(=O)[nH]2)c1. The Balaban J connectivity index is 2.02. The molecule has 15 heavy (non-hydrogen) atoms. The van der Waals surface area contributed by atoms with E-state index < -0.39 is 0 Å². The predicted molar refractivity (Wildman–Crippen MR) is 59.9 cm³/mol. The molecule has 2 aromatic rings. The number of aromatic amines is 2. The number of nitrogens with zero attached hydrogens (tertiary/aromatic N) is 1. The van der Waals surface area contributed by atoms with Crippen LogP contribution in [-0.2, 0) is 5.75 Å². The second-order valence-corrected chi connectivity index (χ2v) is 4.28. The summed E-state index contributed by atoms with van der Waals surface area (Å²) in [4.78, 5) is 14.6. The van der Waals surface area contributed by atoms with Crippen LogP contribution < -0.4 is 5.69 Å². The Morgan fingerprint density at radius 1 is 1.47 bits per heavy atom. The van der Waals surface area contributed by atoms with E-state index in [1.807, 2.05) is 12.1 Å². The Hall–Kier alpha value is -1.49. The van der Waals surface area contributed by atoms with Gasteiger partial charge in [0.2, 0.25) is 0 Å². The van der Waals surface area contributed by atoms with Gasteiger partial charge in [0, 0.05) is 4.90 Å². The molecule has 1 aromatic carbocycles. The van der Waals surface area contributed by atoms with E-state index in [4.69, 9.17) is 0 Å². The summed E-state index contributed by atoms with van der Waals surface area (Å²) in [5.41, 5.74) is 0.977. The summed E-state index contributed by atoms with van der Waals surface area (Å²) in [5.74, 6) is 1.34. The summed E-state index contributed by atoms with van der Waals surface area (Å²) in [6.45, 7) is 2.06. The second kappa shape index (κ2) is 4.35. The van der Waals surface area contributed by atoms with E-state index in [1.54, 1.807) is 11.8 Å². The van der Waals surface area contributed by atoms with Crippen LogP contribution in [0.4, 0.5) is 0 Å². The van der Waals surface area contributed by atoms with Crippen LogP contribution in [0.5, 0.6) is 0 Å². The third kappa shape index (κ3) is 2.73.